The maximum Gasteiger partial charge on any atom is 0.330 e. The van der Waals surface area contributed by atoms with Crippen LogP contribution in [-0.2, 0) is 44.9 Å². The van der Waals surface area contributed by atoms with Crippen LogP contribution in [-0.4, -0.2) is 70.2 Å². The Morgan fingerprint density at radius 1 is 0.814 bits per heavy atom. The van der Waals surface area contributed by atoms with E-state index in [1.54, 1.807) is 14.2 Å². The summed E-state index contributed by atoms with van der Waals surface area (Å²) < 4.78 is 52.3. The lowest BCUT2D eigenvalue weighted by Crippen LogP contribution is -2.50. The quantitative estimate of drug-likeness (QED) is 0.0430. The van der Waals surface area contributed by atoms with Gasteiger partial charge in [0.15, 0.2) is 14.5 Å². The molecule has 0 saturated carbocycles. The van der Waals surface area contributed by atoms with E-state index in [1.165, 1.54) is 16.8 Å². The lowest BCUT2D eigenvalue weighted by molar-refractivity contribution is -0.0947. The highest BCUT2D eigenvalue weighted by atomic mass is 32.5. The van der Waals surface area contributed by atoms with Gasteiger partial charge in [-0.15, -0.1) is 0 Å². The molecule has 1 aliphatic heterocycles. The number of ether oxygens (including phenoxy) is 4. The van der Waals surface area contributed by atoms with Gasteiger partial charge in [0, 0.05) is 12.3 Å². The maximum absolute atomic E-state index is 13.5. The molecule has 2 heterocycles. The predicted molar refractivity (Wildman–Crippen MR) is 227 cm³/mol. The summed E-state index contributed by atoms with van der Waals surface area (Å²) >= 11 is 5.96. The SMILES string of the molecule is COc1ccc(C(OC[C@H]2O[C@@H](n3ccc(=O)[nH]c3=O)[C@H](O[Si](C)(C)C(C)(C)C)[C@@H]2OP(=S)(OCCC#N)OCCC#N)(c2ccccc2)c2ccc(OC)cc2)cc1. The van der Waals surface area contributed by atoms with E-state index in [4.69, 9.17) is 48.8 Å². The van der Waals surface area contributed by atoms with Crippen molar-refractivity contribution in [3.05, 3.63) is 129 Å². The molecule has 4 aromatic rings. The lowest BCUT2D eigenvalue weighted by Gasteiger charge is -2.41. The molecule has 0 spiro atoms. The van der Waals surface area contributed by atoms with Crippen LogP contribution in [0.25, 0.3) is 0 Å². The second-order valence-corrected chi connectivity index (χ2v) is 23.0. The van der Waals surface area contributed by atoms with Crippen LogP contribution in [0.5, 0.6) is 11.5 Å². The average Bonchev–Trinajstić information content (AvgIpc) is 3.53. The van der Waals surface area contributed by atoms with Crippen LogP contribution in [0, 0.1) is 22.7 Å². The van der Waals surface area contributed by atoms with Gasteiger partial charge in [-0.2, -0.15) is 10.5 Å². The van der Waals surface area contributed by atoms with Crippen molar-refractivity contribution >= 4 is 26.8 Å². The van der Waals surface area contributed by atoms with Crippen LogP contribution >= 0.6 is 6.72 Å². The molecule has 5 rings (SSSR count). The van der Waals surface area contributed by atoms with Crippen molar-refractivity contribution in [2.45, 2.75) is 81.9 Å². The summed E-state index contributed by atoms with van der Waals surface area (Å²) in [7, 11) is 0.474. The number of methoxy groups -OCH3 is 2. The summed E-state index contributed by atoms with van der Waals surface area (Å²) in [5, 5.41) is 18.4. The standard InChI is InChI=1S/C42H51N4O10PSSi/c1-41(2,3)59(6,7)56-38-37(55-57(58,52-27-11-24-43)53-28-12-25-44)35(54-39(38)46-26-23-36(47)45-40(46)48)29-51-42(30-13-9-8-10-14-30,31-15-19-33(49-4)20-16-31)32-17-21-34(50-5)22-18-32/h8-10,13-23,26,35,37-39H,11-12,27-29H2,1-7H3,(H,45,47,48)/t35-,37-,38-,39-/m1/s1. The first kappa shape index (κ1) is 45.6. The monoisotopic (exact) mass is 862 g/mol. The Labute approximate surface area is 350 Å². The minimum absolute atomic E-state index is 0.000318. The molecule has 0 amide bonds. The molecule has 1 N–H and O–H groups in total. The van der Waals surface area contributed by atoms with Gasteiger partial charge in [-0.1, -0.05) is 75.4 Å². The van der Waals surface area contributed by atoms with E-state index in [2.05, 4.69) is 38.8 Å². The first-order valence-electron chi connectivity index (χ1n) is 19.1. The molecule has 1 aromatic heterocycles. The Kier molecular flexibility index (Phi) is 15.3. The van der Waals surface area contributed by atoms with Gasteiger partial charge in [0.1, 0.15) is 35.4 Å². The third-order valence-corrected chi connectivity index (χ3v) is 17.3. The van der Waals surface area contributed by atoms with Gasteiger partial charge in [-0.05, 0) is 70.9 Å². The first-order chi connectivity index (χ1) is 28.1. The van der Waals surface area contributed by atoms with E-state index in [9.17, 15) is 20.1 Å². The molecule has 17 heteroatoms. The molecule has 0 unspecified atom stereocenters. The zero-order valence-corrected chi connectivity index (χ0v) is 37.0. The highest BCUT2D eigenvalue weighted by molar-refractivity contribution is 8.07. The van der Waals surface area contributed by atoms with Crippen LogP contribution in [0.2, 0.25) is 18.1 Å². The summed E-state index contributed by atoms with van der Waals surface area (Å²) in [5.74, 6) is 1.30. The summed E-state index contributed by atoms with van der Waals surface area (Å²) in [6.45, 7) is 6.21. The molecule has 0 radical (unpaired) electrons. The lowest BCUT2D eigenvalue weighted by atomic mass is 9.80. The molecule has 4 atom stereocenters. The van der Waals surface area contributed by atoms with Gasteiger partial charge >= 0.3 is 12.4 Å². The number of rotatable bonds is 19. The molecular formula is C42H51N4O10PSSi. The minimum atomic E-state index is -3.75. The van der Waals surface area contributed by atoms with Gasteiger partial charge < -0.3 is 32.4 Å². The summed E-state index contributed by atoms with van der Waals surface area (Å²) in [5.41, 5.74) is -0.272. The zero-order chi connectivity index (χ0) is 42.8. The number of nitriles is 2. The number of nitrogens with one attached hydrogen (secondary N) is 1. The third kappa shape index (κ3) is 10.7. The maximum atomic E-state index is 13.5. The van der Waals surface area contributed by atoms with E-state index in [0.717, 1.165) is 16.7 Å². The van der Waals surface area contributed by atoms with Gasteiger partial charge in [-0.25, -0.2) is 4.79 Å². The Balaban J connectivity index is 1.71. The Bertz CT molecular complexity index is 2180. The van der Waals surface area contributed by atoms with Crippen molar-refractivity contribution in [3.8, 4) is 23.6 Å². The summed E-state index contributed by atoms with van der Waals surface area (Å²) in [6, 6.07) is 30.1. The number of hydrogen-bond acceptors (Lipinski definition) is 13. The van der Waals surface area contributed by atoms with Crippen molar-refractivity contribution in [1.82, 2.24) is 9.55 Å². The summed E-state index contributed by atoms with van der Waals surface area (Å²) in [6.07, 6.45) is -2.96. The number of benzene rings is 3. The molecular weight excluding hydrogens is 812 g/mol. The number of aromatic nitrogens is 2. The molecule has 3 aromatic carbocycles. The van der Waals surface area contributed by atoms with Crippen molar-refractivity contribution in [2.24, 2.45) is 0 Å². The Morgan fingerprint density at radius 3 is 1.81 bits per heavy atom. The van der Waals surface area contributed by atoms with E-state index in [0.29, 0.717) is 11.5 Å². The Hall–Kier alpha value is -4.45. The van der Waals surface area contributed by atoms with E-state index in [-0.39, 0.29) is 37.7 Å². The van der Waals surface area contributed by atoms with E-state index < -0.39 is 56.4 Å². The minimum Gasteiger partial charge on any atom is -0.497 e. The number of aromatic amines is 1. The largest absolute Gasteiger partial charge is 0.497 e. The first-order valence-corrected chi connectivity index (χ1v) is 24.5. The topological polar surface area (TPSA) is 176 Å². The van der Waals surface area contributed by atoms with Gasteiger partial charge in [-0.3, -0.25) is 18.9 Å². The van der Waals surface area contributed by atoms with Crippen LogP contribution in [0.15, 0.2) is 101 Å². The van der Waals surface area contributed by atoms with Gasteiger partial charge in [0.05, 0.1) is 59.0 Å². The zero-order valence-electron chi connectivity index (χ0n) is 34.3. The Morgan fingerprint density at radius 2 is 1.34 bits per heavy atom. The molecule has 1 aliphatic rings. The van der Waals surface area contributed by atoms with Crippen LogP contribution < -0.4 is 20.7 Å². The molecule has 0 bridgehead atoms. The highest BCUT2D eigenvalue weighted by Crippen LogP contribution is 2.55. The van der Waals surface area contributed by atoms with Gasteiger partial charge in [0.25, 0.3) is 5.56 Å². The second kappa shape index (κ2) is 19.7. The fraction of sp³-hybridized carbons (Fsp3) is 0.429. The number of hydrogen-bond donors (Lipinski definition) is 1. The molecule has 1 fully saturated rings. The van der Waals surface area contributed by atoms with Crippen LogP contribution in [0.1, 0.15) is 56.5 Å². The second-order valence-electron chi connectivity index (χ2n) is 15.2. The van der Waals surface area contributed by atoms with Crippen LogP contribution in [0.4, 0.5) is 0 Å². The smallest absolute Gasteiger partial charge is 0.330 e. The summed E-state index contributed by atoms with van der Waals surface area (Å²) in [4.78, 5) is 28.1. The molecule has 59 heavy (non-hydrogen) atoms. The molecule has 14 nitrogen and oxygen atoms in total. The number of nitrogens with zero attached hydrogens (tertiary/aromatic N) is 3. The van der Waals surface area contributed by atoms with E-state index >= 15 is 0 Å². The van der Waals surface area contributed by atoms with Crippen molar-refractivity contribution in [2.75, 3.05) is 34.0 Å². The third-order valence-electron chi connectivity index (χ3n) is 10.5. The van der Waals surface area contributed by atoms with Crippen molar-refractivity contribution in [3.63, 3.8) is 0 Å². The van der Waals surface area contributed by atoms with Crippen molar-refractivity contribution < 1.29 is 36.9 Å². The highest BCUT2D eigenvalue weighted by Gasteiger charge is 2.54. The normalized spacial score (nSPS) is 18.5. The van der Waals surface area contributed by atoms with E-state index in [1.807, 2.05) is 91.0 Å². The fourth-order valence-electron chi connectivity index (χ4n) is 6.40. The van der Waals surface area contributed by atoms with Crippen LogP contribution in [0.3, 0.4) is 0 Å². The molecule has 314 valence electrons. The number of H-pyrrole nitrogens is 1. The molecule has 1 saturated heterocycles. The fourth-order valence-corrected chi connectivity index (χ4v) is 9.81. The van der Waals surface area contributed by atoms with Gasteiger partial charge in [0.2, 0.25) is 0 Å². The molecule has 0 aliphatic carbocycles. The predicted octanol–water partition coefficient (Wildman–Crippen LogP) is 7.32. The van der Waals surface area contributed by atoms with Crippen molar-refractivity contribution in [1.29, 1.82) is 10.5 Å². The average molecular weight is 863 g/mol.